The van der Waals surface area contributed by atoms with Crippen molar-refractivity contribution in [1.29, 1.82) is 0 Å². The molecule has 3 aliphatic rings. The molecule has 4 rings (SSSR count). The summed E-state index contributed by atoms with van der Waals surface area (Å²) in [7, 11) is 0. The Kier molecular flexibility index (Phi) is 2.79. The highest BCUT2D eigenvalue weighted by Gasteiger charge is 2.49. The smallest absolute Gasteiger partial charge is 0.258 e. The topological polar surface area (TPSA) is 72.6 Å². The number of carbonyl (C=O) groups is 2. The van der Waals surface area contributed by atoms with Crippen LogP contribution in [0.2, 0.25) is 0 Å². The van der Waals surface area contributed by atoms with Crippen LogP contribution in [0, 0.1) is 0 Å². The second-order valence-corrected chi connectivity index (χ2v) is 6.10. The number of anilines is 1. The molecule has 2 aliphatic heterocycles. The minimum atomic E-state index is -0.424. The van der Waals surface area contributed by atoms with E-state index in [1.807, 2.05) is 18.2 Å². The molecule has 21 heavy (non-hydrogen) atoms. The van der Waals surface area contributed by atoms with Crippen molar-refractivity contribution in [2.45, 2.75) is 50.4 Å². The summed E-state index contributed by atoms with van der Waals surface area (Å²) in [6, 6.07) is 5.63. The van der Waals surface area contributed by atoms with Crippen LogP contribution in [0.1, 0.15) is 42.9 Å². The fourth-order valence-electron chi connectivity index (χ4n) is 3.80. The van der Waals surface area contributed by atoms with Gasteiger partial charge in [-0.15, -0.1) is 0 Å². The SMILES string of the molecule is Nc1ccc2c(c1)CCCC2N1C(=O)C2CCC(O2)C1=O. The van der Waals surface area contributed by atoms with Crippen molar-refractivity contribution >= 4 is 17.5 Å². The Morgan fingerprint density at radius 2 is 1.81 bits per heavy atom. The normalized spacial score (nSPS) is 31.4. The van der Waals surface area contributed by atoms with E-state index in [1.165, 1.54) is 4.90 Å². The number of ether oxygens (including phenoxy) is 1. The van der Waals surface area contributed by atoms with Crippen molar-refractivity contribution in [2.75, 3.05) is 5.73 Å². The van der Waals surface area contributed by atoms with Crippen molar-refractivity contribution < 1.29 is 14.3 Å². The Bertz CT molecular complexity index is 606. The van der Waals surface area contributed by atoms with Crippen molar-refractivity contribution in [3.05, 3.63) is 29.3 Å². The number of aryl methyl sites for hydroxylation is 1. The van der Waals surface area contributed by atoms with Gasteiger partial charge in [0.05, 0.1) is 6.04 Å². The van der Waals surface area contributed by atoms with E-state index in [0.29, 0.717) is 12.8 Å². The molecular weight excluding hydrogens is 268 g/mol. The Morgan fingerprint density at radius 3 is 2.52 bits per heavy atom. The molecule has 2 fully saturated rings. The van der Waals surface area contributed by atoms with Crippen LogP contribution in [0.15, 0.2) is 18.2 Å². The van der Waals surface area contributed by atoms with Gasteiger partial charge in [0, 0.05) is 5.69 Å². The third kappa shape index (κ3) is 1.87. The first kappa shape index (κ1) is 12.8. The lowest BCUT2D eigenvalue weighted by Crippen LogP contribution is -2.53. The maximum absolute atomic E-state index is 12.5. The Hall–Kier alpha value is -1.88. The van der Waals surface area contributed by atoms with Crippen LogP contribution in [0.25, 0.3) is 0 Å². The van der Waals surface area contributed by atoms with Gasteiger partial charge in [0.1, 0.15) is 12.2 Å². The lowest BCUT2D eigenvalue weighted by Gasteiger charge is -2.38. The number of amides is 2. The number of nitrogens with zero attached hydrogens (tertiary/aromatic N) is 1. The van der Waals surface area contributed by atoms with E-state index in [0.717, 1.165) is 36.1 Å². The quantitative estimate of drug-likeness (QED) is 0.628. The first-order chi connectivity index (χ1) is 10.1. The van der Waals surface area contributed by atoms with Gasteiger partial charge in [0.25, 0.3) is 11.8 Å². The van der Waals surface area contributed by atoms with Gasteiger partial charge in [-0.1, -0.05) is 6.07 Å². The number of nitrogens with two attached hydrogens (primary N) is 1. The standard InChI is InChI=1S/C16H18N2O3/c17-10-4-5-11-9(8-10)2-1-3-12(11)18-15(19)13-6-7-14(21-13)16(18)20/h4-5,8,12-14H,1-3,6-7,17H2. The summed E-state index contributed by atoms with van der Waals surface area (Å²) >= 11 is 0. The zero-order valence-electron chi connectivity index (χ0n) is 11.7. The number of carbonyl (C=O) groups excluding carboxylic acids is 2. The second kappa shape index (κ2) is 4.56. The molecule has 110 valence electrons. The zero-order valence-corrected chi connectivity index (χ0v) is 11.7. The number of likely N-dealkylation sites (tertiary alicyclic amines) is 1. The average molecular weight is 286 g/mol. The van der Waals surface area contributed by atoms with Gasteiger partial charge in [0.15, 0.2) is 0 Å². The first-order valence-corrected chi connectivity index (χ1v) is 7.56. The van der Waals surface area contributed by atoms with Crippen molar-refractivity contribution in [2.24, 2.45) is 0 Å². The van der Waals surface area contributed by atoms with Gasteiger partial charge in [-0.2, -0.15) is 0 Å². The minimum Gasteiger partial charge on any atom is -0.399 e. The summed E-state index contributed by atoms with van der Waals surface area (Å²) < 4.78 is 5.49. The maximum Gasteiger partial charge on any atom is 0.258 e. The molecule has 0 spiro atoms. The summed E-state index contributed by atoms with van der Waals surface area (Å²) in [5, 5.41) is 0. The van der Waals surface area contributed by atoms with Crippen molar-refractivity contribution in [1.82, 2.24) is 4.90 Å². The van der Waals surface area contributed by atoms with Gasteiger partial charge in [0.2, 0.25) is 0 Å². The maximum atomic E-state index is 12.5. The number of hydrogen-bond acceptors (Lipinski definition) is 4. The average Bonchev–Trinajstić information content (AvgIpc) is 2.92. The van der Waals surface area contributed by atoms with Crippen molar-refractivity contribution in [3.8, 4) is 0 Å². The Balaban J connectivity index is 1.74. The Morgan fingerprint density at radius 1 is 1.10 bits per heavy atom. The molecule has 2 saturated heterocycles. The van der Waals surface area contributed by atoms with Crippen LogP contribution in [0.3, 0.4) is 0 Å². The van der Waals surface area contributed by atoms with E-state index in [-0.39, 0.29) is 17.9 Å². The van der Waals surface area contributed by atoms with Gasteiger partial charge >= 0.3 is 0 Å². The molecule has 3 unspecified atom stereocenters. The van der Waals surface area contributed by atoms with E-state index < -0.39 is 12.2 Å². The molecule has 2 amide bonds. The number of hydrogen-bond donors (Lipinski definition) is 1. The van der Waals surface area contributed by atoms with Crippen LogP contribution in [-0.2, 0) is 20.7 Å². The highest BCUT2D eigenvalue weighted by atomic mass is 16.5. The highest BCUT2D eigenvalue weighted by molar-refractivity contribution is 6.02. The molecule has 3 atom stereocenters. The number of imide groups is 1. The molecule has 1 aromatic rings. The summed E-state index contributed by atoms with van der Waals surface area (Å²) in [6.07, 6.45) is 3.22. The summed E-state index contributed by atoms with van der Waals surface area (Å²) in [5.74, 6) is -0.327. The second-order valence-electron chi connectivity index (χ2n) is 6.10. The molecule has 0 radical (unpaired) electrons. The molecule has 2 bridgehead atoms. The fourth-order valence-corrected chi connectivity index (χ4v) is 3.80. The molecule has 2 heterocycles. The predicted molar refractivity (Wildman–Crippen MR) is 76.3 cm³/mol. The van der Waals surface area contributed by atoms with Crippen LogP contribution in [-0.4, -0.2) is 28.9 Å². The monoisotopic (exact) mass is 286 g/mol. The first-order valence-electron chi connectivity index (χ1n) is 7.56. The van der Waals surface area contributed by atoms with Gasteiger partial charge in [-0.05, 0) is 55.4 Å². The highest BCUT2D eigenvalue weighted by Crippen LogP contribution is 2.40. The van der Waals surface area contributed by atoms with Crippen LogP contribution in [0.4, 0.5) is 5.69 Å². The molecule has 2 N–H and O–H groups in total. The predicted octanol–water partition coefficient (Wildman–Crippen LogP) is 1.56. The number of benzene rings is 1. The lowest BCUT2D eigenvalue weighted by molar-refractivity contribution is -0.172. The van der Waals surface area contributed by atoms with Crippen LogP contribution in [0.5, 0.6) is 0 Å². The van der Waals surface area contributed by atoms with Crippen LogP contribution >= 0.6 is 0 Å². The molecule has 5 heteroatoms. The minimum absolute atomic E-state index is 0.152. The van der Waals surface area contributed by atoms with Gasteiger partial charge in [-0.25, -0.2) is 0 Å². The van der Waals surface area contributed by atoms with Crippen molar-refractivity contribution in [3.63, 3.8) is 0 Å². The number of fused-ring (bicyclic) bond motifs is 3. The number of rotatable bonds is 1. The lowest BCUT2D eigenvalue weighted by atomic mass is 9.86. The number of nitrogen functional groups attached to an aromatic ring is 1. The Labute approximate surface area is 123 Å². The third-order valence-electron chi connectivity index (χ3n) is 4.81. The summed E-state index contributed by atoms with van der Waals surface area (Å²) in [6.45, 7) is 0. The van der Waals surface area contributed by atoms with Gasteiger partial charge < -0.3 is 10.5 Å². The van der Waals surface area contributed by atoms with E-state index in [2.05, 4.69) is 0 Å². The molecular formula is C16H18N2O3. The zero-order chi connectivity index (χ0) is 14.6. The van der Waals surface area contributed by atoms with Gasteiger partial charge in [-0.3, -0.25) is 14.5 Å². The van der Waals surface area contributed by atoms with E-state index >= 15 is 0 Å². The summed E-state index contributed by atoms with van der Waals surface area (Å²) in [5.41, 5.74) is 8.80. The van der Waals surface area contributed by atoms with E-state index in [1.54, 1.807) is 0 Å². The number of morpholine rings is 1. The largest absolute Gasteiger partial charge is 0.399 e. The van der Waals surface area contributed by atoms with Crippen LogP contribution < -0.4 is 5.73 Å². The molecule has 1 aromatic carbocycles. The molecule has 0 aromatic heterocycles. The summed E-state index contributed by atoms with van der Waals surface area (Å²) in [4.78, 5) is 26.5. The molecule has 1 aliphatic carbocycles. The van der Waals surface area contributed by atoms with E-state index in [4.69, 9.17) is 10.5 Å². The van der Waals surface area contributed by atoms with E-state index in [9.17, 15) is 9.59 Å². The molecule has 5 nitrogen and oxygen atoms in total. The third-order valence-corrected chi connectivity index (χ3v) is 4.81. The molecule has 0 saturated carbocycles. The fraction of sp³-hybridized carbons (Fsp3) is 0.500.